The van der Waals surface area contributed by atoms with Gasteiger partial charge in [0.1, 0.15) is 0 Å². The van der Waals surface area contributed by atoms with E-state index in [-0.39, 0.29) is 0 Å². The number of rotatable bonds is 6. The van der Waals surface area contributed by atoms with Crippen LogP contribution in [0, 0.1) is 5.92 Å². The predicted molar refractivity (Wildman–Crippen MR) is 89.7 cm³/mol. The molecule has 2 nitrogen and oxygen atoms in total. The zero-order valence-electron chi connectivity index (χ0n) is 13.7. The Balaban J connectivity index is 2.02. The van der Waals surface area contributed by atoms with Gasteiger partial charge in [-0.3, -0.25) is 0 Å². The lowest BCUT2D eigenvalue weighted by atomic mass is 9.98. The second-order valence-electron chi connectivity index (χ2n) is 6.81. The normalized spacial score (nSPS) is 18.4. The molecule has 3 heteroatoms. The summed E-state index contributed by atoms with van der Waals surface area (Å²) in [5, 5.41) is 3.84. The van der Waals surface area contributed by atoms with Crippen molar-refractivity contribution in [3.05, 3.63) is 21.4 Å². The van der Waals surface area contributed by atoms with Gasteiger partial charge < -0.3 is 10.2 Å². The summed E-state index contributed by atoms with van der Waals surface area (Å²) in [5.74, 6) is 0.662. The summed E-state index contributed by atoms with van der Waals surface area (Å²) in [4.78, 5) is 5.46. The smallest absolute Gasteiger partial charge is 0.0389 e. The maximum atomic E-state index is 3.84. The maximum Gasteiger partial charge on any atom is 0.0389 e. The average molecular weight is 295 g/mol. The van der Waals surface area contributed by atoms with Crippen molar-refractivity contribution in [1.82, 2.24) is 10.2 Å². The molecule has 1 aliphatic rings. The number of nitrogens with one attached hydrogen (secondary N) is 1. The second kappa shape index (κ2) is 7.06. The van der Waals surface area contributed by atoms with Gasteiger partial charge in [-0.1, -0.05) is 13.8 Å². The van der Waals surface area contributed by atoms with Crippen molar-refractivity contribution in [1.29, 1.82) is 0 Å². The van der Waals surface area contributed by atoms with E-state index in [4.69, 9.17) is 0 Å². The van der Waals surface area contributed by atoms with Gasteiger partial charge >= 0.3 is 0 Å². The first-order valence-electron chi connectivity index (χ1n) is 7.99. The van der Waals surface area contributed by atoms with E-state index in [9.17, 15) is 0 Å². The number of likely N-dealkylation sites (N-methyl/N-ethyl adjacent to an activating group) is 1. The lowest BCUT2D eigenvalue weighted by Crippen LogP contribution is -2.42. The highest BCUT2D eigenvalue weighted by Crippen LogP contribution is 2.33. The Kier molecular flexibility index (Phi) is 5.65. The van der Waals surface area contributed by atoms with Crippen LogP contribution < -0.4 is 5.32 Å². The summed E-state index contributed by atoms with van der Waals surface area (Å²) in [6, 6.07) is 3.49. The van der Waals surface area contributed by atoms with Crippen LogP contribution in [0.2, 0.25) is 0 Å². The summed E-state index contributed by atoms with van der Waals surface area (Å²) < 4.78 is 0. The molecule has 114 valence electrons. The van der Waals surface area contributed by atoms with Crippen molar-refractivity contribution in [2.45, 2.75) is 58.5 Å². The first-order valence-corrected chi connectivity index (χ1v) is 8.81. The molecule has 0 saturated heterocycles. The van der Waals surface area contributed by atoms with Crippen molar-refractivity contribution < 1.29 is 0 Å². The van der Waals surface area contributed by atoms with Gasteiger partial charge in [0.2, 0.25) is 0 Å². The standard InChI is InChI=1S/C17H30N2S/c1-12(2)15(11-19(4)5)18-13(3)17-10-14-8-6-7-9-16(14)20-17/h10,12-13,15,18H,6-9,11H2,1-5H3. The van der Waals surface area contributed by atoms with Crippen LogP contribution in [-0.2, 0) is 12.8 Å². The summed E-state index contributed by atoms with van der Waals surface area (Å²) in [6.07, 6.45) is 5.35. The fraction of sp³-hybridized carbons (Fsp3) is 0.765. The average Bonchev–Trinajstić information content (AvgIpc) is 2.81. The SMILES string of the molecule is CC(NC(CN(C)C)C(C)C)c1cc2c(s1)CCCC2. The third kappa shape index (κ3) is 4.06. The lowest BCUT2D eigenvalue weighted by Gasteiger charge is -2.28. The van der Waals surface area contributed by atoms with Crippen molar-refractivity contribution in [3.8, 4) is 0 Å². The van der Waals surface area contributed by atoms with E-state index < -0.39 is 0 Å². The number of fused-ring (bicyclic) bond motifs is 1. The van der Waals surface area contributed by atoms with Crippen LogP contribution in [0.4, 0.5) is 0 Å². The van der Waals surface area contributed by atoms with Crippen LogP contribution in [0.15, 0.2) is 6.07 Å². The van der Waals surface area contributed by atoms with Gasteiger partial charge in [0, 0.05) is 28.4 Å². The van der Waals surface area contributed by atoms with Crippen LogP contribution >= 0.6 is 11.3 Å². The molecule has 2 rings (SSSR count). The summed E-state index contributed by atoms with van der Waals surface area (Å²) in [5.41, 5.74) is 1.62. The number of hydrogen-bond acceptors (Lipinski definition) is 3. The molecular formula is C17H30N2S. The van der Waals surface area contributed by atoms with Gasteiger partial charge in [0.05, 0.1) is 0 Å². The Morgan fingerprint density at radius 3 is 2.50 bits per heavy atom. The minimum Gasteiger partial charge on any atom is -0.308 e. The Labute approximate surface area is 128 Å². The lowest BCUT2D eigenvalue weighted by molar-refractivity contribution is 0.274. The first kappa shape index (κ1) is 16.0. The van der Waals surface area contributed by atoms with Crippen molar-refractivity contribution in [2.75, 3.05) is 20.6 Å². The van der Waals surface area contributed by atoms with Crippen molar-refractivity contribution in [2.24, 2.45) is 5.92 Å². The van der Waals surface area contributed by atoms with Crippen LogP contribution in [0.3, 0.4) is 0 Å². The topological polar surface area (TPSA) is 15.3 Å². The van der Waals surface area contributed by atoms with Gasteiger partial charge in [-0.15, -0.1) is 11.3 Å². The molecule has 0 spiro atoms. The van der Waals surface area contributed by atoms with Crippen LogP contribution in [0.1, 0.15) is 55.0 Å². The molecule has 1 aromatic rings. The predicted octanol–water partition coefficient (Wildman–Crippen LogP) is 3.86. The molecule has 0 amide bonds. The van der Waals surface area contributed by atoms with E-state index >= 15 is 0 Å². The Bertz CT molecular complexity index is 399. The van der Waals surface area contributed by atoms with E-state index in [0.717, 1.165) is 6.54 Å². The maximum absolute atomic E-state index is 3.84. The van der Waals surface area contributed by atoms with E-state index in [1.54, 1.807) is 10.4 Å². The number of hydrogen-bond donors (Lipinski definition) is 1. The molecule has 1 aromatic heterocycles. The first-order chi connectivity index (χ1) is 9.47. The molecule has 1 N–H and O–H groups in total. The quantitative estimate of drug-likeness (QED) is 0.857. The number of thiophene rings is 1. The molecule has 0 aromatic carbocycles. The van der Waals surface area contributed by atoms with Crippen LogP contribution in [-0.4, -0.2) is 31.6 Å². The van der Waals surface area contributed by atoms with E-state index in [2.05, 4.69) is 51.1 Å². The monoisotopic (exact) mass is 294 g/mol. The Morgan fingerprint density at radius 1 is 1.20 bits per heavy atom. The minimum atomic E-state index is 0.470. The van der Waals surface area contributed by atoms with Gasteiger partial charge in [-0.25, -0.2) is 0 Å². The molecule has 0 aliphatic heterocycles. The summed E-state index contributed by atoms with van der Waals surface area (Å²) in [7, 11) is 4.32. The zero-order valence-corrected chi connectivity index (χ0v) is 14.5. The fourth-order valence-corrected chi connectivity index (χ4v) is 4.25. The summed E-state index contributed by atoms with van der Waals surface area (Å²) >= 11 is 2.04. The zero-order chi connectivity index (χ0) is 14.7. The van der Waals surface area contributed by atoms with E-state index in [1.165, 1.54) is 30.6 Å². The molecule has 0 saturated carbocycles. The van der Waals surface area contributed by atoms with Gasteiger partial charge in [-0.2, -0.15) is 0 Å². The van der Waals surface area contributed by atoms with E-state index in [1.807, 2.05) is 11.3 Å². The molecule has 0 bridgehead atoms. The fourth-order valence-electron chi connectivity index (χ4n) is 2.98. The van der Waals surface area contributed by atoms with Gasteiger partial charge in [0.25, 0.3) is 0 Å². The highest BCUT2D eigenvalue weighted by atomic mass is 32.1. The molecule has 1 heterocycles. The molecule has 2 atom stereocenters. The molecule has 1 aliphatic carbocycles. The third-order valence-corrected chi connectivity index (χ3v) is 5.69. The van der Waals surface area contributed by atoms with Crippen molar-refractivity contribution in [3.63, 3.8) is 0 Å². The van der Waals surface area contributed by atoms with E-state index in [0.29, 0.717) is 18.0 Å². The third-order valence-electron chi connectivity index (χ3n) is 4.27. The molecule has 2 unspecified atom stereocenters. The van der Waals surface area contributed by atoms with Crippen LogP contribution in [0.25, 0.3) is 0 Å². The van der Waals surface area contributed by atoms with Crippen molar-refractivity contribution >= 4 is 11.3 Å². The molecule has 20 heavy (non-hydrogen) atoms. The Hall–Kier alpha value is -0.380. The number of nitrogens with zero attached hydrogens (tertiary/aromatic N) is 1. The second-order valence-corrected chi connectivity index (χ2v) is 7.97. The van der Waals surface area contributed by atoms with Gasteiger partial charge in [-0.05, 0) is 64.3 Å². The Morgan fingerprint density at radius 2 is 1.90 bits per heavy atom. The van der Waals surface area contributed by atoms with Gasteiger partial charge in [0.15, 0.2) is 0 Å². The molecule has 0 fully saturated rings. The minimum absolute atomic E-state index is 0.470. The highest BCUT2D eigenvalue weighted by Gasteiger charge is 2.20. The molecular weight excluding hydrogens is 264 g/mol. The van der Waals surface area contributed by atoms with Crippen LogP contribution in [0.5, 0.6) is 0 Å². The number of aryl methyl sites for hydroxylation is 2. The molecule has 0 radical (unpaired) electrons. The largest absolute Gasteiger partial charge is 0.308 e. The highest BCUT2D eigenvalue weighted by molar-refractivity contribution is 7.12. The summed E-state index contributed by atoms with van der Waals surface area (Å²) in [6.45, 7) is 8.05.